The third-order valence-electron chi connectivity index (χ3n) is 5.08. The first-order valence-electron chi connectivity index (χ1n) is 10.1. The van der Waals surface area contributed by atoms with Crippen LogP contribution in [-0.2, 0) is 16.0 Å². The van der Waals surface area contributed by atoms with Crippen LogP contribution in [0.4, 0.5) is 29.1 Å². The number of nitrogens with one attached hydrogen (secondary N) is 3. The molecule has 0 fully saturated rings. The summed E-state index contributed by atoms with van der Waals surface area (Å²) >= 11 is 0. The van der Waals surface area contributed by atoms with Crippen LogP contribution in [0.25, 0.3) is 5.65 Å². The highest BCUT2D eigenvalue weighted by Crippen LogP contribution is 2.30. The Balaban J connectivity index is 1.99. The maximum Gasteiger partial charge on any atom is 0.432 e. The molecule has 1 unspecified atom stereocenters. The van der Waals surface area contributed by atoms with Gasteiger partial charge in [-0.15, -0.1) is 0 Å². The summed E-state index contributed by atoms with van der Waals surface area (Å²) in [6.07, 6.45) is -0.705. The van der Waals surface area contributed by atoms with E-state index >= 15 is 0 Å². The second-order valence-electron chi connectivity index (χ2n) is 7.20. The van der Waals surface area contributed by atoms with E-state index in [1.807, 2.05) is 6.92 Å². The number of aromatic nitrogens is 3. The number of ether oxygens (including phenoxy) is 1. The van der Waals surface area contributed by atoms with Crippen molar-refractivity contribution in [3.63, 3.8) is 0 Å². The Morgan fingerprint density at radius 1 is 1.29 bits per heavy atom. The lowest BCUT2D eigenvalue weighted by Gasteiger charge is -2.19. The number of alkyl halides is 3. The fourth-order valence-electron chi connectivity index (χ4n) is 3.30. The normalized spacial score (nSPS) is 13.4. The summed E-state index contributed by atoms with van der Waals surface area (Å²) in [4.78, 5) is 20.8. The predicted molar refractivity (Wildman–Crippen MR) is 118 cm³/mol. The first-order chi connectivity index (χ1) is 16.1. The van der Waals surface area contributed by atoms with Crippen LogP contribution < -0.4 is 10.6 Å². The van der Waals surface area contributed by atoms with Crippen LogP contribution in [0.3, 0.4) is 0 Å². The molecule has 0 bridgehead atoms. The summed E-state index contributed by atoms with van der Waals surface area (Å²) in [5.74, 6) is -2.10. The van der Waals surface area contributed by atoms with Gasteiger partial charge in [-0.2, -0.15) is 13.2 Å². The number of halogens is 4. The lowest BCUT2D eigenvalue weighted by molar-refractivity contribution is -0.114. The molecule has 180 valence electrons. The van der Waals surface area contributed by atoms with Crippen molar-refractivity contribution < 1.29 is 27.1 Å². The van der Waals surface area contributed by atoms with E-state index in [1.54, 1.807) is 13.0 Å². The summed E-state index contributed by atoms with van der Waals surface area (Å²) in [6.45, 7) is 3.66. The van der Waals surface area contributed by atoms with Crippen LogP contribution in [0.1, 0.15) is 31.2 Å². The highest BCUT2D eigenvalue weighted by molar-refractivity contribution is 6.18. The number of nitrogens with zero attached hydrogens (tertiary/aromatic N) is 3. The molecule has 0 aliphatic rings. The number of allylic oxidation sites excluding steroid dienone is 1. The Morgan fingerprint density at radius 3 is 2.65 bits per heavy atom. The van der Waals surface area contributed by atoms with Crippen LogP contribution in [0.5, 0.6) is 0 Å². The Hall–Kier alpha value is -3.80. The Morgan fingerprint density at radius 2 is 2.03 bits per heavy atom. The monoisotopic (exact) mass is 478 g/mol. The van der Waals surface area contributed by atoms with E-state index in [9.17, 15) is 22.4 Å². The molecule has 34 heavy (non-hydrogen) atoms. The van der Waals surface area contributed by atoms with Crippen molar-refractivity contribution in [1.82, 2.24) is 14.4 Å². The van der Waals surface area contributed by atoms with Gasteiger partial charge >= 0.3 is 6.18 Å². The molecule has 0 aromatic carbocycles. The van der Waals surface area contributed by atoms with Gasteiger partial charge in [-0.05, 0) is 37.1 Å². The Kier molecular flexibility index (Phi) is 7.30. The number of hydrogen-bond donors (Lipinski definition) is 3. The first kappa shape index (κ1) is 24.8. The highest BCUT2D eigenvalue weighted by Gasteiger charge is 2.38. The molecule has 0 aliphatic carbocycles. The van der Waals surface area contributed by atoms with Gasteiger partial charge in [-0.1, -0.05) is 6.92 Å². The van der Waals surface area contributed by atoms with Gasteiger partial charge < -0.3 is 20.8 Å². The molecule has 3 heterocycles. The number of anilines is 2. The second kappa shape index (κ2) is 10.00. The molecule has 3 rings (SSSR count). The quantitative estimate of drug-likeness (QED) is 0.248. The van der Waals surface area contributed by atoms with Crippen LogP contribution in [0.15, 0.2) is 48.1 Å². The molecular formula is C22H22F4N6O2. The minimum Gasteiger partial charge on any atom is -0.375 e. The summed E-state index contributed by atoms with van der Waals surface area (Å²) in [5.41, 5.74) is -1.11. The number of carbonyl (C=O) groups excluding carboxylic acids is 1. The Labute approximate surface area is 192 Å². The molecule has 0 radical (unpaired) electrons. The van der Waals surface area contributed by atoms with Gasteiger partial charge in [0.2, 0.25) is 0 Å². The molecule has 1 amide bonds. The van der Waals surface area contributed by atoms with Gasteiger partial charge in [0, 0.05) is 25.7 Å². The third kappa shape index (κ3) is 5.06. The molecule has 3 N–H and O–H groups in total. The zero-order valence-electron chi connectivity index (χ0n) is 18.5. The van der Waals surface area contributed by atoms with Crippen molar-refractivity contribution in [3.05, 3.63) is 65.1 Å². The molecule has 8 nitrogen and oxygen atoms in total. The molecule has 0 saturated heterocycles. The van der Waals surface area contributed by atoms with Gasteiger partial charge in [0.1, 0.15) is 11.5 Å². The van der Waals surface area contributed by atoms with Gasteiger partial charge in [-0.3, -0.25) is 14.2 Å². The second-order valence-corrected chi connectivity index (χ2v) is 7.20. The van der Waals surface area contributed by atoms with E-state index < -0.39 is 29.2 Å². The van der Waals surface area contributed by atoms with E-state index in [1.165, 1.54) is 25.7 Å². The maximum absolute atomic E-state index is 13.9. The number of pyridine rings is 2. The van der Waals surface area contributed by atoms with Crippen molar-refractivity contribution in [2.45, 2.75) is 32.5 Å². The molecule has 0 aliphatic heterocycles. The minimum atomic E-state index is -5.03. The fraction of sp³-hybridized carbons (Fsp3) is 0.273. The lowest BCUT2D eigenvalue weighted by Crippen LogP contribution is -2.28. The zero-order valence-corrected chi connectivity index (χ0v) is 18.5. The van der Waals surface area contributed by atoms with Crippen molar-refractivity contribution in [3.8, 4) is 0 Å². The zero-order chi connectivity index (χ0) is 25.0. The van der Waals surface area contributed by atoms with Crippen LogP contribution in [-0.4, -0.2) is 39.8 Å². The minimum absolute atomic E-state index is 0.161. The SMILES string of the molecule is CCc1cc(NC(=O)/C(C=N)=C(/Nc2ccc(F)c3nccn23)C(F)(F)F)cnc1C(C)OC. The van der Waals surface area contributed by atoms with Gasteiger partial charge in [0.15, 0.2) is 11.5 Å². The largest absolute Gasteiger partial charge is 0.432 e. The smallest absolute Gasteiger partial charge is 0.375 e. The third-order valence-corrected chi connectivity index (χ3v) is 5.08. The first-order valence-corrected chi connectivity index (χ1v) is 10.1. The number of amides is 1. The van der Waals surface area contributed by atoms with Crippen LogP contribution in [0, 0.1) is 11.2 Å². The average molecular weight is 478 g/mol. The van der Waals surface area contributed by atoms with Gasteiger partial charge in [0.05, 0.1) is 29.3 Å². The predicted octanol–water partition coefficient (Wildman–Crippen LogP) is 4.65. The van der Waals surface area contributed by atoms with Crippen LogP contribution >= 0.6 is 0 Å². The molecule has 0 spiro atoms. The van der Waals surface area contributed by atoms with Gasteiger partial charge in [0.25, 0.3) is 5.91 Å². The lowest BCUT2D eigenvalue weighted by atomic mass is 10.1. The maximum atomic E-state index is 13.9. The summed E-state index contributed by atoms with van der Waals surface area (Å²) < 4.78 is 61.9. The number of methoxy groups -OCH3 is 1. The fourth-order valence-corrected chi connectivity index (χ4v) is 3.30. The molecule has 1 atom stereocenters. The number of hydrogen-bond acceptors (Lipinski definition) is 6. The number of rotatable bonds is 8. The van der Waals surface area contributed by atoms with E-state index in [0.29, 0.717) is 18.3 Å². The summed E-state index contributed by atoms with van der Waals surface area (Å²) in [7, 11) is 1.52. The van der Waals surface area contributed by atoms with E-state index in [-0.39, 0.29) is 23.3 Å². The van der Waals surface area contributed by atoms with E-state index in [2.05, 4.69) is 20.6 Å². The summed E-state index contributed by atoms with van der Waals surface area (Å²) in [5, 5.41) is 12.0. The average Bonchev–Trinajstić information content (AvgIpc) is 3.30. The standard InChI is InChI=1S/C22H22F4N6O2/c1-4-13-9-14(11-29-18(13)12(2)34-3)30-21(33)15(10-27)19(22(24,25)26)31-17-6-5-16(23)20-28-7-8-32(17)20/h5-12,27,31H,4H2,1-3H3,(H,30,33)/b19-15+,27-10?. The molecule has 12 heteroatoms. The highest BCUT2D eigenvalue weighted by atomic mass is 19.4. The Bertz CT molecular complexity index is 1250. The van der Waals surface area contributed by atoms with E-state index in [0.717, 1.165) is 22.1 Å². The topological polar surface area (TPSA) is 104 Å². The number of carbonyl (C=O) groups is 1. The summed E-state index contributed by atoms with van der Waals surface area (Å²) in [6, 6.07) is 3.61. The molecule has 3 aromatic rings. The van der Waals surface area contributed by atoms with Crippen molar-refractivity contribution in [2.75, 3.05) is 17.7 Å². The van der Waals surface area contributed by atoms with Gasteiger partial charge in [-0.25, -0.2) is 9.37 Å². The van der Waals surface area contributed by atoms with Crippen molar-refractivity contribution >= 4 is 29.3 Å². The van der Waals surface area contributed by atoms with Crippen molar-refractivity contribution in [1.29, 1.82) is 5.41 Å². The van der Waals surface area contributed by atoms with E-state index in [4.69, 9.17) is 10.1 Å². The van der Waals surface area contributed by atoms with Crippen molar-refractivity contribution in [2.24, 2.45) is 0 Å². The number of aryl methyl sites for hydroxylation is 1. The molecule has 0 saturated carbocycles. The number of imidazole rings is 1. The number of fused-ring (bicyclic) bond motifs is 1. The molecule has 3 aromatic heterocycles. The molecular weight excluding hydrogens is 456 g/mol. The van der Waals surface area contributed by atoms with Crippen LogP contribution in [0.2, 0.25) is 0 Å².